The van der Waals surface area contributed by atoms with Crippen molar-refractivity contribution in [1.29, 1.82) is 0 Å². The highest BCUT2D eigenvalue weighted by Crippen LogP contribution is 2.30. The Morgan fingerprint density at radius 3 is 2.36 bits per heavy atom. The number of benzene rings is 1. The number of aromatic nitrogens is 1. The minimum atomic E-state index is 0.104. The summed E-state index contributed by atoms with van der Waals surface area (Å²) in [7, 11) is 0. The van der Waals surface area contributed by atoms with Gasteiger partial charge >= 0.3 is 0 Å². The Morgan fingerprint density at radius 2 is 1.76 bits per heavy atom. The fourth-order valence-electron chi connectivity index (χ4n) is 3.27. The van der Waals surface area contributed by atoms with E-state index in [0.29, 0.717) is 5.82 Å². The molecule has 2 fully saturated rings. The number of rotatable bonds is 4. The standard InChI is InChI=1S/C20H24N4O/c1-15-3-2-4-17(13-15)23-9-11-24(12-10-23)18-7-8-19(21-14-18)22-20(25)16-5-6-16/h2-4,7-8,13-14,16H,5-6,9-12H2,1H3,(H,21,22,25). The summed E-state index contributed by atoms with van der Waals surface area (Å²) in [5.74, 6) is 0.960. The fourth-order valence-corrected chi connectivity index (χ4v) is 3.27. The van der Waals surface area contributed by atoms with Crippen LogP contribution in [0.5, 0.6) is 0 Å². The first kappa shape index (κ1) is 15.9. The minimum absolute atomic E-state index is 0.104. The molecule has 0 atom stereocenters. The molecule has 5 heteroatoms. The van der Waals surface area contributed by atoms with Gasteiger partial charge in [0.1, 0.15) is 5.82 Å². The molecule has 1 N–H and O–H groups in total. The van der Waals surface area contributed by atoms with E-state index in [1.807, 2.05) is 12.3 Å². The highest BCUT2D eigenvalue weighted by atomic mass is 16.2. The van der Waals surface area contributed by atoms with Gasteiger partial charge in [-0.05, 0) is 49.6 Å². The third-order valence-corrected chi connectivity index (χ3v) is 4.96. The smallest absolute Gasteiger partial charge is 0.228 e. The van der Waals surface area contributed by atoms with Crippen molar-refractivity contribution in [1.82, 2.24) is 4.98 Å². The molecule has 0 radical (unpaired) electrons. The van der Waals surface area contributed by atoms with E-state index in [2.05, 4.69) is 57.4 Å². The van der Waals surface area contributed by atoms with Crippen molar-refractivity contribution >= 4 is 23.1 Å². The molecule has 130 valence electrons. The number of carbonyl (C=O) groups is 1. The molecule has 5 nitrogen and oxygen atoms in total. The van der Waals surface area contributed by atoms with Crippen molar-refractivity contribution < 1.29 is 4.79 Å². The maximum Gasteiger partial charge on any atom is 0.228 e. The zero-order valence-electron chi connectivity index (χ0n) is 14.6. The highest BCUT2D eigenvalue weighted by molar-refractivity contribution is 5.93. The van der Waals surface area contributed by atoms with Crippen LogP contribution in [0.15, 0.2) is 42.6 Å². The monoisotopic (exact) mass is 336 g/mol. The molecule has 0 unspecified atom stereocenters. The Hall–Kier alpha value is -2.56. The molecular formula is C20H24N4O. The van der Waals surface area contributed by atoms with Crippen LogP contribution < -0.4 is 15.1 Å². The van der Waals surface area contributed by atoms with Crippen molar-refractivity contribution in [3.05, 3.63) is 48.2 Å². The fraction of sp³-hybridized carbons (Fsp3) is 0.400. The number of amides is 1. The lowest BCUT2D eigenvalue weighted by molar-refractivity contribution is -0.117. The van der Waals surface area contributed by atoms with Crippen molar-refractivity contribution in [2.45, 2.75) is 19.8 Å². The molecule has 1 saturated heterocycles. The van der Waals surface area contributed by atoms with Crippen molar-refractivity contribution in [2.24, 2.45) is 5.92 Å². The summed E-state index contributed by atoms with van der Waals surface area (Å²) < 4.78 is 0. The molecule has 1 amide bonds. The van der Waals surface area contributed by atoms with Crippen LogP contribution in [0.25, 0.3) is 0 Å². The lowest BCUT2D eigenvalue weighted by atomic mass is 10.2. The molecule has 1 aliphatic carbocycles. The second-order valence-corrected chi connectivity index (χ2v) is 6.98. The predicted octanol–water partition coefficient (Wildman–Crippen LogP) is 3.07. The van der Waals surface area contributed by atoms with Crippen LogP contribution in [0, 0.1) is 12.8 Å². The number of pyridine rings is 1. The predicted molar refractivity (Wildman–Crippen MR) is 101 cm³/mol. The maximum absolute atomic E-state index is 11.8. The second kappa shape index (κ2) is 6.75. The van der Waals surface area contributed by atoms with Crippen LogP contribution >= 0.6 is 0 Å². The number of nitrogens with one attached hydrogen (secondary N) is 1. The van der Waals surface area contributed by atoms with Crippen molar-refractivity contribution in [3.63, 3.8) is 0 Å². The Bertz CT molecular complexity index is 747. The summed E-state index contributed by atoms with van der Waals surface area (Å²) in [5, 5.41) is 2.89. The summed E-state index contributed by atoms with van der Waals surface area (Å²) in [6, 6.07) is 12.6. The summed E-state index contributed by atoms with van der Waals surface area (Å²) >= 11 is 0. The quantitative estimate of drug-likeness (QED) is 0.932. The lowest BCUT2D eigenvalue weighted by Gasteiger charge is -2.37. The summed E-state index contributed by atoms with van der Waals surface area (Å²) in [5.41, 5.74) is 3.72. The Balaban J connectivity index is 1.35. The summed E-state index contributed by atoms with van der Waals surface area (Å²) in [4.78, 5) is 21.0. The number of hydrogen-bond donors (Lipinski definition) is 1. The van der Waals surface area contributed by atoms with Gasteiger partial charge < -0.3 is 15.1 Å². The van der Waals surface area contributed by atoms with Crippen LogP contribution in [0.4, 0.5) is 17.2 Å². The molecule has 1 aromatic carbocycles. The van der Waals surface area contributed by atoms with Crippen LogP contribution in [0.2, 0.25) is 0 Å². The van der Waals surface area contributed by atoms with E-state index in [4.69, 9.17) is 0 Å². The molecule has 1 aliphatic heterocycles. The topological polar surface area (TPSA) is 48.5 Å². The third kappa shape index (κ3) is 3.76. The van der Waals surface area contributed by atoms with Crippen molar-refractivity contribution in [3.8, 4) is 0 Å². The van der Waals surface area contributed by atoms with Gasteiger partial charge in [0.2, 0.25) is 5.91 Å². The first-order chi connectivity index (χ1) is 12.2. The minimum Gasteiger partial charge on any atom is -0.368 e. The first-order valence-corrected chi connectivity index (χ1v) is 9.02. The zero-order chi connectivity index (χ0) is 17.2. The Kier molecular flexibility index (Phi) is 4.30. The molecule has 1 saturated carbocycles. The number of hydrogen-bond acceptors (Lipinski definition) is 4. The first-order valence-electron chi connectivity index (χ1n) is 9.02. The number of nitrogens with zero attached hydrogens (tertiary/aromatic N) is 3. The average Bonchev–Trinajstić information content (AvgIpc) is 3.48. The summed E-state index contributed by atoms with van der Waals surface area (Å²) in [6.45, 7) is 6.09. The van der Waals surface area contributed by atoms with Crippen LogP contribution in [-0.4, -0.2) is 37.1 Å². The normalized spacial score (nSPS) is 17.5. The van der Waals surface area contributed by atoms with Crippen molar-refractivity contribution in [2.75, 3.05) is 41.3 Å². The molecule has 0 spiro atoms. The van der Waals surface area contributed by atoms with Crippen LogP contribution in [0.3, 0.4) is 0 Å². The average molecular weight is 336 g/mol. The Labute approximate surface area is 148 Å². The van der Waals surface area contributed by atoms with E-state index in [9.17, 15) is 4.79 Å². The van der Waals surface area contributed by atoms with E-state index in [-0.39, 0.29) is 11.8 Å². The number of anilines is 3. The van der Waals surface area contributed by atoms with Gasteiger partial charge in [-0.3, -0.25) is 4.79 Å². The third-order valence-electron chi connectivity index (χ3n) is 4.96. The van der Waals surface area contributed by atoms with Gasteiger partial charge in [0.05, 0.1) is 11.9 Å². The number of carbonyl (C=O) groups excluding carboxylic acids is 1. The molecule has 2 aromatic rings. The highest BCUT2D eigenvalue weighted by Gasteiger charge is 2.29. The van der Waals surface area contributed by atoms with Crippen LogP contribution in [-0.2, 0) is 4.79 Å². The zero-order valence-corrected chi connectivity index (χ0v) is 14.6. The van der Waals surface area contributed by atoms with E-state index in [0.717, 1.165) is 44.7 Å². The maximum atomic E-state index is 11.8. The molecule has 1 aromatic heterocycles. The van der Waals surface area contributed by atoms with Gasteiger partial charge in [-0.25, -0.2) is 4.98 Å². The van der Waals surface area contributed by atoms with E-state index in [1.165, 1.54) is 11.3 Å². The molecule has 25 heavy (non-hydrogen) atoms. The lowest BCUT2D eigenvalue weighted by Crippen LogP contribution is -2.46. The van der Waals surface area contributed by atoms with Gasteiger partial charge in [-0.1, -0.05) is 12.1 Å². The van der Waals surface area contributed by atoms with Gasteiger partial charge in [-0.2, -0.15) is 0 Å². The Morgan fingerprint density at radius 1 is 1.04 bits per heavy atom. The molecule has 2 heterocycles. The molecular weight excluding hydrogens is 312 g/mol. The number of aryl methyl sites for hydroxylation is 1. The van der Waals surface area contributed by atoms with E-state index >= 15 is 0 Å². The number of piperazine rings is 1. The van der Waals surface area contributed by atoms with Crippen LogP contribution in [0.1, 0.15) is 18.4 Å². The van der Waals surface area contributed by atoms with Gasteiger partial charge in [0.15, 0.2) is 0 Å². The molecule has 4 rings (SSSR count). The summed E-state index contributed by atoms with van der Waals surface area (Å²) in [6.07, 6.45) is 3.88. The second-order valence-electron chi connectivity index (χ2n) is 6.98. The molecule has 2 aliphatic rings. The van der Waals surface area contributed by atoms with E-state index in [1.54, 1.807) is 0 Å². The SMILES string of the molecule is Cc1cccc(N2CCN(c3ccc(NC(=O)C4CC4)nc3)CC2)c1. The van der Waals surface area contributed by atoms with Gasteiger partial charge in [0.25, 0.3) is 0 Å². The van der Waals surface area contributed by atoms with E-state index < -0.39 is 0 Å². The van der Waals surface area contributed by atoms with Gasteiger partial charge in [-0.15, -0.1) is 0 Å². The molecule has 0 bridgehead atoms. The van der Waals surface area contributed by atoms with Gasteiger partial charge in [0, 0.05) is 37.8 Å². The largest absolute Gasteiger partial charge is 0.368 e.